The molecule has 27 heavy (non-hydrogen) atoms. The lowest BCUT2D eigenvalue weighted by atomic mass is 10.4. The van der Waals surface area contributed by atoms with E-state index in [2.05, 4.69) is 11.3 Å². The van der Waals surface area contributed by atoms with Gasteiger partial charge in [0.15, 0.2) is 0 Å². The Kier molecular flexibility index (Phi) is 37.1. The zero-order chi connectivity index (χ0) is 21.0. The van der Waals surface area contributed by atoms with Gasteiger partial charge in [-0.1, -0.05) is 19.9 Å². The van der Waals surface area contributed by atoms with E-state index in [-0.39, 0.29) is 19.2 Å². The third-order valence-electron chi connectivity index (χ3n) is 2.53. The van der Waals surface area contributed by atoms with Gasteiger partial charge in [-0.2, -0.15) is 0 Å². The van der Waals surface area contributed by atoms with Crippen LogP contribution in [0.5, 0.6) is 0 Å². The van der Waals surface area contributed by atoms with Gasteiger partial charge in [-0.05, 0) is 20.3 Å². The molecule has 0 aromatic heterocycles. The van der Waals surface area contributed by atoms with E-state index in [4.69, 9.17) is 29.2 Å². The number of carbonyl (C=O) groups is 1. The van der Waals surface area contributed by atoms with E-state index >= 15 is 0 Å². The standard InChI is InChI=1S/C8H18O5.C7H12O2.C4H10O/c9-1-3-11-5-7-13-8-6-12-4-2-10;1-3-5-6-9-7(8)4-2;1-3-5-4-2/h9-10H,1-8H2;4H,2-3,5-6H2,1H3;3-4H2,1-2H3. The summed E-state index contributed by atoms with van der Waals surface area (Å²) in [7, 11) is 0. The molecule has 8 nitrogen and oxygen atoms in total. The van der Waals surface area contributed by atoms with Crippen LogP contribution >= 0.6 is 0 Å². The van der Waals surface area contributed by atoms with Crippen molar-refractivity contribution in [3.8, 4) is 0 Å². The predicted octanol–water partition coefficient (Wildman–Crippen LogP) is 1.58. The van der Waals surface area contributed by atoms with E-state index < -0.39 is 0 Å². The zero-order valence-corrected chi connectivity index (χ0v) is 17.3. The van der Waals surface area contributed by atoms with E-state index in [9.17, 15) is 4.79 Å². The number of aliphatic hydroxyl groups excluding tert-OH is 2. The molecule has 0 aliphatic heterocycles. The van der Waals surface area contributed by atoms with Gasteiger partial charge in [0.05, 0.1) is 59.5 Å². The highest BCUT2D eigenvalue weighted by atomic mass is 16.5. The molecule has 0 aromatic rings. The summed E-state index contributed by atoms with van der Waals surface area (Å²) in [5.74, 6) is -0.330. The van der Waals surface area contributed by atoms with Crippen LogP contribution in [0.15, 0.2) is 12.7 Å². The SMILES string of the molecule is C=CC(=O)OCCCC.CCOCC.OCCOCCOCCOCCO. The van der Waals surface area contributed by atoms with Gasteiger partial charge in [0.25, 0.3) is 0 Å². The van der Waals surface area contributed by atoms with Crippen molar-refractivity contribution in [3.05, 3.63) is 12.7 Å². The number of carbonyl (C=O) groups excluding carboxylic acids is 1. The summed E-state index contributed by atoms with van der Waals surface area (Å²) >= 11 is 0. The molecular formula is C19H40O8. The lowest BCUT2D eigenvalue weighted by molar-refractivity contribution is -0.137. The molecule has 8 heteroatoms. The fraction of sp³-hybridized carbons (Fsp3) is 0.842. The first-order valence-corrected chi connectivity index (χ1v) is 9.46. The van der Waals surface area contributed by atoms with Gasteiger partial charge in [-0.3, -0.25) is 0 Å². The number of hydrogen-bond acceptors (Lipinski definition) is 8. The maximum atomic E-state index is 10.3. The van der Waals surface area contributed by atoms with Crippen LogP contribution in [0, 0.1) is 0 Å². The van der Waals surface area contributed by atoms with E-state index in [0.29, 0.717) is 46.2 Å². The molecule has 0 aliphatic rings. The molecule has 2 N–H and O–H groups in total. The maximum absolute atomic E-state index is 10.3. The average molecular weight is 397 g/mol. The smallest absolute Gasteiger partial charge is 0.330 e. The second kappa shape index (κ2) is 32.6. The number of ether oxygens (including phenoxy) is 5. The van der Waals surface area contributed by atoms with Crippen LogP contribution in [0.25, 0.3) is 0 Å². The monoisotopic (exact) mass is 396 g/mol. The third-order valence-corrected chi connectivity index (χ3v) is 2.53. The molecule has 0 radical (unpaired) electrons. The first-order valence-electron chi connectivity index (χ1n) is 9.46. The number of hydrogen-bond donors (Lipinski definition) is 2. The molecule has 0 rings (SSSR count). The second-order valence-corrected chi connectivity index (χ2v) is 4.79. The third kappa shape index (κ3) is 40.8. The quantitative estimate of drug-likeness (QED) is 0.230. The second-order valence-electron chi connectivity index (χ2n) is 4.79. The molecule has 0 saturated heterocycles. The Morgan fingerprint density at radius 2 is 1.22 bits per heavy atom. The zero-order valence-electron chi connectivity index (χ0n) is 17.3. The molecule has 0 fully saturated rings. The van der Waals surface area contributed by atoms with Crippen molar-refractivity contribution in [2.24, 2.45) is 0 Å². The minimum absolute atomic E-state index is 0.0413. The highest BCUT2D eigenvalue weighted by Gasteiger charge is 1.91. The molecule has 0 aromatic carbocycles. The topological polar surface area (TPSA) is 104 Å². The summed E-state index contributed by atoms with van der Waals surface area (Å²) in [6, 6.07) is 0. The summed E-state index contributed by atoms with van der Waals surface area (Å²) < 4.78 is 24.5. The number of unbranched alkanes of at least 4 members (excludes halogenated alkanes) is 1. The Morgan fingerprint density at radius 3 is 1.52 bits per heavy atom. The highest BCUT2D eigenvalue weighted by molar-refractivity contribution is 5.81. The molecule has 0 amide bonds. The van der Waals surface area contributed by atoms with Crippen molar-refractivity contribution < 1.29 is 38.7 Å². The van der Waals surface area contributed by atoms with Crippen molar-refractivity contribution in [2.75, 3.05) is 72.7 Å². The number of aliphatic hydroxyl groups is 2. The van der Waals surface area contributed by atoms with E-state index in [0.717, 1.165) is 26.1 Å². The Labute approximate surface area is 164 Å². The molecule has 0 aliphatic carbocycles. The summed E-state index contributed by atoms with van der Waals surface area (Å²) in [6.45, 7) is 14.3. The largest absolute Gasteiger partial charge is 0.463 e. The van der Waals surface area contributed by atoms with Gasteiger partial charge in [0.2, 0.25) is 0 Å². The van der Waals surface area contributed by atoms with Crippen molar-refractivity contribution in [1.82, 2.24) is 0 Å². The average Bonchev–Trinajstić information content (AvgIpc) is 2.68. The van der Waals surface area contributed by atoms with Crippen LogP contribution in [-0.4, -0.2) is 88.9 Å². The normalized spacial score (nSPS) is 9.52. The first-order chi connectivity index (χ1) is 13.1. The van der Waals surface area contributed by atoms with Gasteiger partial charge in [-0.15, -0.1) is 0 Å². The highest BCUT2D eigenvalue weighted by Crippen LogP contribution is 1.88. The number of rotatable bonds is 16. The van der Waals surface area contributed by atoms with Crippen molar-refractivity contribution >= 4 is 5.97 Å². The van der Waals surface area contributed by atoms with Crippen LogP contribution in [0.2, 0.25) is 0 Å². The Balaban J connectivity index is -0.000000356. The Bertz CT molecular complexity index is 262. The summed E-state index contributed by atoms with van der Waals surface area (Å²) in [5, 5.41) is 16.7. The van der Waals surface area contributed by atoms with Crippen LogP contribution in [0.1, 0.15) is 33.6 Å². The van der Waals surface area contributed by atoms with E-state index in [1.54, 1.807) is 0 Å². The molecular weight excluding hydrogens is 356 g/mol. The van der Waals surface area contributed by atoms with Gasteiger partial charge in [-0.25, -0.2) is 4.79 Å². The molecule has 0 saturated carbocycles. The molecule has 0 bridgehead atoms. The van der Waals surface area contributed by atoms with Crippen molar-refractivity contribution in [2.45, 2.75) is 33.6 Å². The Hall–Kier alpha value is -1.03. The number of esters is 1. The van der Waals surface area contributed by atoms with Gasteiger partial charge < -0.3 is 33.9 Å². The lowest BCUT2D eigenvalue weighted by Crippen LogP contribution is -2.11. The van der Waals surface area contributed by atoms with Crippen LogP contribution in [0.4, 0.5) is 0 Å². The summed E-state index contributed by atoms with van der Waals surface area (Å²) in [4.78, 5) is 10.3. The minimum atomic E-state index is -0.330. The van der Waals surface area contributed by atoms with Crippen LogP contribution < -0.4 is 0 Å². The van der Waals surface area contributed by atoms with E-state index in [1.807, 2.05) is 20.8 Å². The fourth-order valence-electron chi connectivity index (χ4n) is 1.25. The van der Waals surface area contributed by atoms with Crippen LogP contribution in [-0.2, 0) is 28.5 Å². The summed E-state index contributed by atoms with van der Waals surface area (Å²) in [5.41, 5.74) is 0. The minimum Gasteiger partial charge on any atom is -0.463 e. The summed E-state index contributed by atoms with van der Waals surface area (Å²) in [6.07, 6.45) is 3.15. The molecule has 0 unspecified atom stereocenters. The molecule has 0 spiro atoms. The predicted molar refractivity (Wildman–Crippen MR) is 105 cm³/mol. The van der Waals surface area contributed by atoms with Gasteiger partial charge in [0.1, 0.15) is 0 Å². The maximum Gasteiger partial charge on any atom is 0.330 e. The van der Waals surface area contributed by atoms with Crippen LogP contribution in [0.3, 0.4) is 0 Å². The lowest BCUT2D eigenvalue weighted by Gasteiger charge is -2.04. The van der Waals surface area contributed by atoms with Crippen molar-refractivity contribution in [3.63, 3.8) is 0 Å². The van der Waals surface area contributed by atoms with E-state index in [1.165, 1.54) is 6.08 Å². The molecule has 164 valence electrons. The van der Waals surface area contributed by atoms with Gasteiger partial charge >= 0.3 is 5.97 Å². The Morgan fingerprint density at radius 1 is 0.778 bits per heavy atom. The fourth-order valence-corrected chi connectivity index (χ4v) is 1.25. The van der Waals surface area contributed by atoms with Crippen molar-refractivity contribution in [1.29, 1.82) is 0 Å². The molecule has 0 heterocycles. The molecule has 0 atom stereocenters. The van der Waals surface area contributed by atoms with Gasteiger partial charge in [0, 0.05) is 19.3 Å². The first kappa shape index (κ1) is 30.7.